The van der Waals surface area contributed by atoms with Gasteiger partial charge in [0.25, 0.3) is 0 Å². The molecule has 0 saturated carbocycles. The molecule has 1 aliphatic heterocycles. The molecule has 1 aromatic heterocycles. The van der Waals surface area contributed by atoms with E-state index in [4.69, 9.17) is 6.42 Å². The molecule has 4 heteroatoms. The molecule has 1 amide bonds. The summed E-state index contributed by atoms with van der Waals surface area (Å²) < 4.78 is 0. The number of pyridine rings is 1. The van der Waals surface area contributed by atoms with Crippen molar-refractivity contribution in [2.24, 2.45) is 5.92 Å². The first kappa shape index (κ1) is 9.53. The Hall–Kier alpha value is -2.02. The molecule has 0 spiro atoms. The number of carbonyl (C=O) groups excluding carboxylic acids is 1. The van der Waals surface area contributed by atoms with Crippen LogP contribution in [0.4, 0.5) is 5.69 Å². The lowest BCUT2D eigenvalue weighted by Gasteiger charge is -2.14. The molecular formula is C11H10N2O2. The van der Waals surface area contributed by atoms with Crippen LogP contribution in [0.5, 0.6) is 0 Å². The largest absolute Gasteiger partial charge is 0.327 e. The molecule has 15 heavy (non-hydrogen) atoms. The van der Waals surface area contributed by atoms with Gasteiger partial charge in [-0.05, 0) is 6.07 Å². The van der Waals surface area contributed by atoms with Crippen molar-refractivity contribution < 1.29 is 4.79 Å². The van der Waals surface area contributed by atoms with E-state index in [-0.39, 0.29) is 17.4 Å². The van der Waals surface area contributed by atoms with Crippen LogP contribution in [0.3, 0.4) is 0 Å². The molecule has 76 valence electrons. The molecule has 2 rings (SSSR count). The van der Waals surface area contributed by atoms with Gasteiger partial charge in [-0.15, -0.1) is 12.3 Å². The lowest BCUT2D eigenvalue weighted by Crippen LogP contribution is -2.25. The van der Waals surface area contributed by atoms with Gasteiger partial charge in [0.05, 0.1) is 5.69 Å². The molecule has 1 unspecified atom stereocenters. The second-order valence-electron chi connectivity index (χ2n) is 3.48. The molecule has 0 aliphatic carbocycles. The Morgan fingerprint density at radius 3 is 2.80 bits per heavy atom. The van der Waals surface area contributed by atoms with Gasteiger partial charge >= 0.3 is 0 Å². The highest BCUT2D eigenvalue weighted by Crippen LogP contribution is 2.22. The van der Waals surface area contributed by atoms with Crippen LogP contribution in [0.15, 0.2) is 23.1 Å². The van der Waals surface area contributed by atoms with Gasteiger partial charge < -0.3 is 9.88 Å². The minimum Gasteiger partial charge on any atom is -0.327 e. The Labute approximate surface area is 86.9 Å². The third-order valence-electron chi connectivity index (χ3n) is 2.44. The molecule has 1 saturated heterocycles. The predicted octanol–water partition coefficient (Wildman–Crippen LogP) is 0.361. The predicted molar refractivity (Wildman–Crippen MR) is 56.4 cm³/mol. The van der Waals surface area contributed by atoms with Crippen molar-refractivity contribution in [3.05, 3.63) is 28.7 Å². The quantitative estimate of drug-likeness (QED) is 0.668. The number of carbonyl (C=O) groups is 1. The highest BCUT2D eigenvalue weighted by Gasteiger charge is 2.29. The third-order valence-corrected chi connectivity index (χ3v) is 2.44. The first-order valence-electron chi connectivity index (χ1n) is 4.66. The van der Waals surface area contributed by atoms with Crippen LogP contribution in [0.25, 0.3) is 0 Å². The molecule has 1 aromatic rings. The van der Waals surface area contributed by atoms with Crippen LogP contribution in [-0.4, -0.2) is 17.4 Å². The van der Waals surface area contributed by atoms with Gasteiger partial charge in [-0.2, -0.15) is 0 Å². The second-order valence-corrected chi connectivity index (χ2v) is 3.48. The third kappa shape index (κ3) is 1.77. The number of H-pyrrole nitrogens is 1. The van der Waals surface area contributed by atoms with E-state index in [0.29, 0.717) is 18.7 Å². The fourth-order valence-corrected chi connectivity index (χ4v) is 1.64. The topological polar surface area (TPSA) is 53.2 Å². The van der Waals surface area contributed by atoms with Crippen LogP contribution in [0.1, 0.15) is 6.42 Å². The normalized spacial score (nSPS) is 20.3. The van der Waals surface area contributed by atoms with E-state index in [1.54, 1.807) is 11.0 Å². The summed E-state index contributed by atoms with van der Waals surface area (Å²) >= 11 is 0. The van der Waals surface area contributed by atoms with Gasteiger partial charge in [0.1, 0.15) is 0 Å². The van der Waals surface area contributed by atoms with Crippen molar-refractivity contribution in [2.75, 3.05) is 11.4 Å². The summed E-state index contributed by atoms with van der Waals surface area (Å²) in [5.74, 6) is 2.55. The van der Waals surface area contributed by atoms with Crippen molar-refractivity contribution >= 4 is 11.6 Å². The van der Waals surface area contributed by atoms with Gasteiger partial charge in [0.15, 0.2) is 0 Å². The lowest BCUT2D eigenvalue weighted by molar-refractivity contribution is -0.117. The maximum atomic E-state index is 11.6. The average Bonchev–Trinajstić information content (AvgIpc) is 2.61. The number of terminal acetylenes is 1. The number of aromatic nitrogens is 1. The summed E-state index contributed by atoms with van der Waals surface area (Å²) in [6.45, 7) is 0.529. The summed E-state index contributed by atoms with van der Waals surface area (Å²) in [5, 5.41) is 0. The molecule has 1 aliphatic rings. The summed E-state index contributed by atoms with van der Waals surface area (Å²) in [6.07, 6.45) is 7.19. The Morgan fingerprint density at radius 2 is 2.27 bits per heavy atom. The van der Waals surface area contributed by atoms with E-state index < -0.39 is 0 Å². The number of hydrogen-bond donors (Lipinski definition) is 1. The molecule has 0 bridgehead atoms. The Balaban J connectivity index is 2.26. The molecular weight excluding hydrogens is 192 g/mol. The second kappa shape index (κ2) is 3.62. The van der Waals surface area contributed by atoms with E-state index in [9.17, 15) is 9.59 Å². The van der Waals surface area contributed by atoms with Crippen LogP contribution < -0.4 is 10.5 Å². The molecule has 2 heterocycles. The number of rotatable bonds is 1. The van der Waals surface area contributed by atoms with E-state index in [2.05, 4.69) is 10.9 Å². The van der Waals surface area contributed by atoms with E-state index in [0.717, 1.165) is 0 Å². The maximum absolute atomic E-state index is 11.6. The highest BCUT2D eigenvalue weighted by atomic mass is 16.2. The number of hydrogen-bond acceptors (Lipinski definition) is 2. The highest BCUT2D eigenvalue weighted by molar-refractivity contribution is 5.95. The van der Waals surface area contributed by atoms with Crippen molar-refractivity contribution in [1.29, 1.82) is 0 Å². The Bertz CT molecular complexity index is 464. The maximum Gasteiger partial charge on any atom is 0.248 e. The number of aromatic amines is 1. The number of nitrogens with one attached hydrogen (secondary N) is 1. The number of amides is 1. The van der Waals surface area contributed by atoms with Crippen LogP contribution in [0.2, 0.25) is 0 Å². The van der Waals surface area contributed by atoms with Gasteiger partial charge in [0, 0.05) is 31.1 Å². The van der Waals surface area contributed by atoms with Crippen molar-refractivity contribution in [1.82, 2.24) is 4.98 Å². The molecule has 1 fully saturated rings. The smallest absolute Gasteiger partial charge is 0.248 e. The van der Waals surface area contributed by atoms with E-state index in [1.165, 1.54) is 12.3 Å². The molecule has 4 nitrogen and oxygen atoms in total. The standard InChI is InChI=1S/C11H10N2O2/c1-2-8-5-11(15)13(7-8)9-3-4-10(14)12-6-9/h1,3-4,6,8H,5,7H2,(H,12,14). The van der Waals surface area contributed by atoms with Crippen LogP contribution >= 0.6 is 0 Å². The van der Waals surface area contributed by atoms with Crippen molar-refractivity contribution in [3.63, 3.8) is 0 Å². The fourth-order valence-electron chi connectivity index (χ4n) is 1.64. The molecule has 0 aromatic carbocycles. The Morgan fingerprint density at radius 1 is 1.47 bits per heavy atom. The van der Waals surface area contributed by atoms with E-state index in [1.807, 2.05) is 0 Å². The summed E-state index contributed by atoms with van der Waals surface area (Å²) in [4.78, 5) is 26.5. The minimum absolute atomic E-state index is 0.00463. The first-order valence-corrected chi connectivity index (χ1v) is 4.66. The first-order chi connectivity index (χ1) is 7.20. The molecule has 1 atom stereocenters. The zero-order chi connectivity index (χ0) is 10.8. The van der Waals surface area contributed by atoms with Gasteiger partial charge in [-0.3, -0.25) is 9.59 Å². The van der Waals surface area contributed by atoms with Crippen molar-refractivity contribution in [2.45, 2.75) is 6.42 Å². The van der Waals surface area contributed by atoms with Crippen LogP contribution in [0, 0.1) is 18.3 Å². The zero-order valence-corrected chi connectivity index (χ0v) is 8.06. The zero-order valence-electron chi connectivity index (χ0n) is 8.06. The Kier molecular flexibility index (Phi) is 2.30. The number of nitrogens with zero attached hydrogens (tertiary/aromatic N) is 1. The summed E-state index contributed by atoms with van der Waals surface area (Å²) in [7, 11) is 0. The average molecular weight is 202 g/mol. The number of anilines is 1. The van der Waals surface area contributed by atoms with E-state index >= 15 is 0 Å². The van der Waals surface area contributed by atoms with Crippen LogP contribution in [-0.2, 0) is 4.79 Å². The SMILES string of the molecule is C#CC1CC(=O)N(c2ccc(=O)[nH]c2)C1. The minimum atomic E-state index is -0.182. The fraction of sp³-hybridized carbons (Fsp3) is 0.273. The van der Waals surface area contributed by atoms with Crippen molar-refractivity contribution in [3.8, 4) is 12.3 Å². The summed E-state index contributed by atoms with van der Waals surface area (Å²) in [6, 6.07) is 3.02. The summed E-state index contributed by atoms with van der Waals surface area (Å²) in [5.41, 5.74) is 0.510. The van der Waals surface area contributed by atoms with Gasteiger partial charge in [-0.1, -0.05) is 0 Å². The molecule has 1 N–H and O–H groups in total. The lowest BCUT2D eigenvalue weighted by atomic mass is 10.1. The van der Waals surface area contributed by atoms with Gasteiger partial charge in [0.2, 0.25) is 11.5 Å². The monoisotopic (exact) mass is 202 g/mol. The van der Waals surface area contributed by atoms with Gasteiger partial charge in [-0.25, -0.2) is 0 Å². The molecule has 0 radical (unpaired) electrons.